The first-order valence-corrected chi connectivity index (χ1v) is 12.2. The van der Waals surface area contributed by atoms with E-state index in [1.165, 1.54) is 11.1 Å². The van der Waals surface area contributed by atoms with Gasteiger partial charge in [-0.3, -0.25) is 0 Å². The molecule has 0 aromatic heterocycles. The number of hydrogen-bond donors (Lipinski definition) is 1. The first-order valence-electron chi connectivity index (χ1n) is 11.8. The van der Waals surface area contributed by atoms with E-state index >= 15 is 0 Å². The second-order valence-corrected chi connectivity index (χ2v) is 8.88. The summed E-state index contributed by atoms with van der Waals surface area (Å²) >= 11 is 5.90. The van der Waals surface area contributed by atoms with E-state index in [9.17, 15) is 4.39 Å². The molecule has 188 valence electrons. The first kappa shape index (κ1) is 27.4. The lowest BCUT2D eigenvalue weighted by atomic mass is 9.87. The van der Waals surface area contributed by atoms with Gasteiger partial charge in [-0.2, -0.15) is 0 Å². The number of hydrogen-bond acceptors (Lipinski definition) is 4. The predicted molar refractivity (Wildman–Crippen MR) is 140 cm³/mol. The van der Waals surface area contributed by atoms with Crippen LogP contribution < -0.4 is 10.1 Å². The standard InChI is InChI=1S/C28H31ClFNO3.ClH/c29-26-9-4-8-23(28(26)30)20-34-27-18-31-15-14-25(27)22-10-12-24(13-11-22)33-17-5-16-32-19-21-6-2-1-3-7-21;/h1-4,6-13,25,27,31H,5,14-20H2;1H. The van der Waals surface area contributed by atoms with E-state index in [0.717, 1.165) is 31.7 Å². The SMILES string of the molecule is Cl.Fc1c(Cl)cccc1COC1CNCCC1c1ccc(OCCCOCc2ccccc2)cc1. The van der Waals surface area contributed by atoms with Crippen molar-refractivity contribution in [3.63, 3.8) is 0 Å². The van der Waals surface area contributed by atoms with E-state index < -0.39 is 5.82 Å². The van der Waals surface area contributed by atoms with Crippen LogP contribution in [0.3, 0.4) is 0 Å². The molecule has 2 unspecified atom stereocenters. The van der Waals surface area contributed by atoms with Gasteiger partial charge in [0.25, 0.3) is 0 Å². The van der Waals surface area contributed by atoms with Crippen LogP contribution >= 0.6 is 24.0 Å². The molecule has 2 atom stereocenters. The van der Waals surface area contributed by atoms with E-state index in [1.54, 1.807) is 18.2 Å². The number of ether oxygens (including phenoxy) is 3. The van der Waals surface area contributed by atoms with Crippen LogP contribution in [0.15, 0.2) is 72.8 Å². The minimum Gasteiger partial charge on any atom is -0.494 e. The van der Waals surface area contributed by atoms with Gasteiger partial charge in [0.2, 0.25) is 0 Å². The molecular formula is C28H32Cl2FNO3. The Morgan fingerprint density at radius 2 is 1.71 bits per heavy atom. The van der Waals surface area contributed by atoms with E-state index in [1.807, 2.05) is 30.3 Å². The van der Waals surface area contributed by atoms with Crippen LogP contribution in [-0.2, 0) is 22.7 Å². The maximum atomic E-state index is 14.2. The van der Waals surface area contributed by atoms with Gasteiger partial charge in [-0.25, -0.2) is 4.39 Å². The quantitative estimate of drug-likeness (QED) is 0.291. The van der Waals surface area contributed by atoms with Crippen LogP contribution in [-0.4, -0.2) is 32.4 Å². The fraction of sp³-hybridized carbons (Fsp3) is 0.357. The third-order valence-electron chi connectivity index (χ3n) is 6.03. The Labute approximate surface area is 218 Å². The molecule has 1 N–H and O–H groups in total. The van der Waals surface area contributed by atoms with Crippen molar-refractivity contribution in [3.8, 4) is 5.75 Å². The summed E-state index contributed by atoms with van der Waals surface area (Å²) in [7, 11) is 0. The number of benzene rings is 3. The fourth-order valence-corrected chi connectivity index (χ4v) is 4.36. The van der Waals surface area contributed by atoms with Gasteiger partial charge in [-0.1, -0.05) is 66.2 Å². The molecule has 1 saturated heterocycles. The van der Waals surface area contributed by atoms with Crippen molar-refractivity contribution < 1.29 is 18.6 Å². The molecule has 1 heterocycles. The summed E-state index contributed by atoms with van der Waals surface area (Å²) < 4.78 is 31.9. The Morgan fingerprint density at radius 1 is 0.914 bits per heavy atom. The van der Waals surface area contributed by atoms with E-state index in [2.05, 4.69) is 29.6 Å². The molecule has 0 amide bonds. The minimum absolute atomic E-state index is 0. The highest BCUT2D eigenvalue weighted by Crippen LogP contribution is 2.30. The molecule has 7 heteroatoms. The monoisotopic (exact) mass is 519 g/mol. The van der Waals surface area contributed by atoms with Gasteiger partial charge >= 0.3 is 0 Å². The van der Waals surface area contributed by atoms with Crippen LogP contribution in [0, 0.1) is 5.82 Å². The number of halogens is 3. The van der Waals surface area contributed by atoms with Crippen molar-refractivity contribution in [2.75, 3.05) is 26.3 Å². The number of piperidine rings is 1. The largest absolute Gasteiger partial charge is 0.494 e. The molecule has 3 aromatic carbocycles. The summed E-state index contributed by atoms with van der Waals surface area (Å²) in [5.41, 5.74) is 2.86. The smallest absolute Gasteiger partial charge is 0.147 e. The predicted octanol–water partition coefficient (Wildman–Crippen LogP) is 6.55. The molecule has 0 saturated carbocycles. The average molecular weight is 520 g/mol. The summed E-state index contributed by atoms with van der Waals surface area (Å²) in [4.78, 5) is 0. The van der Waals surface area contributed by atoms with Crippen molar-refractivity contribution >= 4 is 24.0 Å². The van der Waals surface area contributed by atoms with Crippen LogP contribution in [0.4, 0.5) is 4.39 Å². The Hall–Kier alpha value is -2.15. The van der Waals surface area contributed by atoms with Crippen molar-refractivity contribution in [1.29, 1.82) is 0 Å². The lowest BCUT2D eigenvalue weighted by Crippen LogP contribution is -2.41. The lowest BCUT2D eigenvalue weighted by Gasteiger charge is -2.32. The Kier molecular flexibility index (Phi) is 11.3. The molecule has 4 rings (SSSR count). The van der Waals surface area contributed by atoms with E-state index in [-0.39, 0.29) is 36.1 Å². The lowest BCUT2D eigenvalue weighted by molar-refractivity contribution is 0.00939. The third kappa shape index (κ3) is 8.19. The van der Waals surface area contributed by atoms with Gasteiger partial charge in [0.05, 0.1) is 37.6 Å². The Bertz CT molecular complexity index is 1020. The third-order valence-corrected chi connectivity index (χ3v) is 6.32. The number of nitrogens with one attached hydrogen (secondary N) is 1. The fourth-order valence-electron chi connectivity index (χ4n) is 4.17. The zero-order chi connectivity index (χ0) is 23.6. The zero-order valence-electron chi connectivity index (χ0n) is 19.6. The molecule has 1 fully saturated rings. The Balaban J connectivity index is 0.00000342. The highest BCUT2D eigenvalue weighted by atomic mass is 35.5. The van der Waals surface area contributed by atoms with E-state index in [0.29, 0.717) is 25.4 Å². The summed E-state index contributed by atoms with van der Waals surface area (Å²) in [5.74, 6) is 0.680. The van der Waals surface area contributed by atoms with E-state index in [4.69, 9.17) is 25.8 Å². The highest BCUT2D eigenvalue weighted by molar-refractivity contribution is 6.30. The van der Waals surface area contributed by atoms with Crippen LogP contribution in [0.5, 0.6) is 5.75 Å². The normalized spacial score (nSPS) is 17.5. The van der Waals surface area contributed by atoms with Gasteiger partial charge in [0.1, 0.15) is 11.6 Å². The summed E-state index contributed by atoms with van der Waals surface area (Å²) in [6.07, 6.45) is 1.75. The van der Waals surface area contributed by atoms with Gasteiger partial charge in [0, 0.05) is 24.4 Å². The second-order valence-electron chi connectivity index (χ2n) is 8.47. The van der Waals surface area contributed by atoms with Crippen molar-refractivity contribution in [3.05, 3.63) is 100 Å². The van der Waals surface area contributed by atoms with Crippen molar-refractivity contribution in [1.82, 2.24) is 5.32 Å². The molecule has 3 aromatic rings. The van der Waals surface area contributed by atoms with Gasteiger partial charge in [-0.15, -0.1) is 12.4 Å². The molecule has 35 heavy (non-hydrogen) atoms. The summed E-state index contributed by atoms with van der Waals surface area (Å²) in [6, 6.07) is 23.4. The van der Waals surface area contributed by atoms with Gasteiger partial charge < -0.3 is 19.5 Å². The zero-order valence-corrected chi connectivity index (χ0v) is 21.2. The average Bonchev–Trinajstić information content (AvgIpc) is 2.88. The maximum Gasteiger partial charge on any atom is 0.147 e. The molecule has 0 aliphatic carbocycles. The van der Waals surface area contributed by atoms with Crippen molar-refractivity contribution in [2.45, 2.75) is 38.1 Å². The molecule has 1 aliphatic heterocycles. The maximum absolute atomic E-state index is 14.2. The molecule has 1 aliphatic rings. The van der Waals surface area contributed by atoms with Gasteiger partial charge in [0.15, 0.2) is 0 Å². The highest BCUT2D eigenvalue weighted by Gasteiger charge is 2.27. The molecule has 0 radical (unpaired) electrons. The summed E-state index contributed by atoms with van der Waals surface area (Å²) in [6.45, 7) is 3.75. The molecule has 0 bridgehead atoms. The van der Waals surface area contributed by atoms with Crippen LogP contribution in [0.25, 0.3) is 0 Å². The summed E-state index contributed by atoms with van der Waals surface area (Å²) in [5, 5.41) is 3.50. The molecule has 0 spiro atoms. The minimum atomic E-state index is -0.406. The van der Waals surface area contributed by atoms with Crippen LogP contribution in [0.2, 0.25) is 5.02 Å². The molecular weight excluding hydrogens is 488 g/mol. The Morgan fingerprint density at radius 3 is 2.51 bits per heavy atom. The number of rotatable bonds is 11. The molecule has 4 nitrogen and oxygen atoms in total. The second kappa shape index (κ2) is 14.4. The van der Waals surface area contributed by atoms with Crippen molar-refractivity contribution in [2.24, 2.45) is 0 Å². The van der Waals surface area contributed by atoms with Crippen LogP contribution in [0.1, 0.15) is 35.4 Å². The first-order chi connectivity index (χ1) is 16.7. The van der Waals surface area contributed by atoms with Gasteiger partial charge in [-0.05, 0) is 42.3 Å². The topological polar surface area (TPSA) is 39.7 Å².